The van der Waals surface area contributed by atoms with Crippen molar-refractivity contribution in [3.05, 3.63) is 100 Å². The number of halogens is 1. The number of thiazole rings is 1. The van der Waals surface area contributed by atoms with Crippen molar-refractivity contribution >= 4 is 38.0 Å². The number of nitrogens with zero attached hydrogens (tertiary/aromatic N) is 3. The summed E-state index contributed by atoms with van der Waals surface area (Å²) in [6.45, 7) is 1.94. The lowest BCUT2D eigenvalue weighted by atomic mass is 10.2. The number of furan rings is 1. The van der Waals surface area contributed by atoms with Crippen molar-refractivity contribution in [3.8, 4) is 11.5 Å². The minimum atomic E-state index is -3.58. The first-order valence-electron chi connectivity index (χ1n) is 12.1. The molecule has 7 nitrogen and oxygen atoms in total. The summed E-state index contributed by atoms with van der Waals surface area (Å²) >= 11 is 1.45. The minimum Gasteiger partial charge on any atom is -0.454 e. The Balaban J connectivity index is 1.38. The standard InChI is InChI=1S/C28H24FN3O4S2/c29-22-7-5-20(6-8-22)18-32-25(27-17-21-3-1-2-4-26(21)36-27)19-37-28(32)30-23-9-11-24(12-10-23)38(33,34)31-13-15-35-16-14-31/h1-12,17,19H,13-16,18H2. The second-order valence-electron chi connectivity index (χ2n) is 8.89. The van der Waals surface area contributed by atoms with Gasteiger partial charge in [-0.25, -0.2) is 17.8 Å². The smallest absolute Gasteiger partial charge is 0.243 e. The van der Waals surface area contributed by atoms with Gasteiger partial charge < -0.3 is 13.7 Å². The number of hydrogen-bond acceptors (Lipinski definition) is 6. The maximum atomic E-state index is 13.5. The third kappa shape index (κ3) is 4.95. The molecule has 0 atom stereocenters. The molecule has 0 spiro atoms. The molecule has 0 radical (unpaired) electrons. The Labute approximate surface area is 223 Å². The van der Waals surface area contributed by atoms with E-state index in [4.69, 9.17) is 14.1 Å². The van der Waals surface area contributed by atoms with E-state index in [1.807, 2.05) is 40.3 Å². The SMILES string of the molecule is O=S(=O)(c1ccc(N=c2scc(-c3cc4ccccc4o3)n2Cc2ccc(F)cc2)cc1)N1CCOCC1. The van der Waals surface area contributed by atoms with E-state index in [0.29, 0.717) is 49.1 Å². The Morgan fingerprint density at radius 3 is 2.42 bits per heavy atom. The molecule has 2 aromatic heterocycles. The average molecular weight is 550 g/mol. The zero-order chi connectivity index (χ0) is 26.1. The predicted octanol–water partition coefficient (Wildman–Crippen LogP) is 5.40. The number of hydrogen-bond donors (Lipinski definition) is 0. The Kier molecular flexibility index (Phi) is 6.71. The van der Waals surface area contributed by atoms with E-state index in [-0.39, 0.29) is 10.7 Å². The maximum absolute atomic E-state index is 13.5. The van der Waals surface area contributed by atoms with E-state index in [1.165, 1.54) is 27.8 Å². The molecule has 1 saturated heterocycles. The van der Waals surface area contributed by atoms with Gasteiger partial charge in [0.25, 0.3) is 0 Å². The maximum Gasteiger partial charge on any atom is 0.243 e. The quantitative estimate of drug-likeness (QED) is 0.284. The fourth-order valence-electron chi connectivity index (χ4n) is 4.39. The van der Waals surface area contributed by atoms with Gasteiger partial charge in [-0.1, -0.05) is 30.3 Å². The molecule has 0 bridgehead atoms. The molecule has 0 saturated carbocycles. The van der Waals surface area contributed by atoms with Gasteiger partial charge in [0.05, 0.1) is 36.0 Å². The molecule has 1 fully saturated rings. The topological polar surface area (TPSA) is 77.0 Å². The van der Waals surface area contributed by atoms with E-state index in [0.717, 1.165) is 22.2 Å². The van der Waals surface area contributed by atoms with Gasteiger partial charge >= 0.3 is 0 Å². The van der Waals surface area contributed by atoms with Gasteiger partial charge in [0, 0.05) is 23.9 Å². The summed E-state index contributed by atoms with van der Waals surface area (Å²) in [7, 11) is -3.58. The van der Waals surface area contributed by atoms with Crippen LogP contribution in [0.5, 0.6) is 0 Å². The van der Waals surface area contributed by atoms with Crippen LogP contribution in [-0.2, 0) is 21.3 Å². The van der Waals surface area contributed by atoms with Crippen molar-refractivity contribution in [2.45, 2.75) is 11.4 Å². The lowest BCUT2D eigenvalue weighted by molar-refractivity contribution is 0.0730. The average Bonchev–Trinajstić information content (AvgIpc) is 3.54. The van der Waals surface area contributed by atoms with Gasteiger partial charge in [-0.05, 0) is 54.1 Å². The molecule has 3 aromatic carbocycles. The van der Waals surface area contributed by atoms with Gasteiger partial charge in [-0.15, -0.1) is 11.3 Å². The van der Waals surface area contributed by atoms with Crippen LogP contribution in [0.3, 0.4) is 0 Å². The lowest BCUT2D eigenvalue weighted by Gasteiger charge is -2.26. The Hall–Kier alpha value is -3.57. The molecule has 10 heteroatoms. The number of ether oxygens (including phenoxy) is 1. The molecule has 3 heterocycles. The van der Waals surface area contributed by atoms with Crippen molar-refractivity contribution < 1.29 is 22.0 Å². The fraction of sp³-hybridized carbons (Fsp3) is 0.179. The zero-order valence-electron chi connectivity index (χ0n) is 20.3. The van der Waals surface area contributed by atoms with E-state index in [1.54, 1.807) is 36.4 Å². The molecule has 0 aliphatic carbocycles. The summed E-state index contributed by atoms with van der Waals surface area (Å²) in [6, 6.07) is 22.8. The second-order valence-corrected chi connectivity index (χ2v) is 11.7. The van der Waals surface area contributed by atoms with E-state index in [9.17, 15) is 12.8 Å². The highest BCUT2D eigenvalue weighted by molar-refractivity contribution is 7.89. The van der Waals surface area contributed by atoms with Gasteiger partial charge in [-0.2, -0.15) is 4.31 Å². The van der Waals surface area contributed by atoms with Gasteiger partial charge in [0.15, 0.2) is 10.6 Å². The van der Waals surface area contributed by atoms with Crippen LogP contribution < -0.4 is 4.80 Å². The minimum absolute atomic E-state index is 0.228. The first-order valence-corrected chi connectivity index (χ1v) is 14.4. The van der Waals surface area contributed by atoms with E-state index < -0.39 is 10.0 Å². The third-order valence-electron chi connectivity index (χ3n) is 6.40. The molecule has 38 heavy (non-hydrogen) atoms. The third-order valence-corrected chi connectivity index (χ3v) is 9.18. The number of aromatic nitrogens is 1. The highest BCUT2D eigenvalue weighted by Gasteiger charge is 2.26. The fourth-order valence-corrected chi connectivity index (χ4v) is 6.71. The number of rotatable bonds is 6. The molecule has 0 N–H and O–H groups in total. The molecule has 6 rings (SSSR count). The van der Waals surface area contributed by atoms with Crippen LogP contribution in [0.4, 0.5) is 10.1 Å². The number of fused-ring (bicyclic) bond motifs is 1. The summed E-state index contributed by atoms with van der Waals surface area (Å²) in [5.41, 5.74) is 3.17. The molecule has 0 amide bonds. The van der Waals surface area contributed by atoms with Crippen molar-refractivity contribution in [2.24, 2.45) is 4.99 Å². The van der Waals surface area contributed by atoms with Crippen LogP contribution >= 0.6 is 11.3 Å². The van der Waals surface area contributed by atoms with Gasteiger partial charge in [0.1, 0.15) is 11.4 Å². The Bertz CT molecular complexity index is 1720. The van der Waals surface area contributed by atoms with E-state index >= 15 is 0 Å². The second kappa shape index (κ2) is 10.3. The largest absolute Gasteiger partial charge is 0.454 e. The highest BCUT2D eigenvalue weighted by atomic mass is 32.2. The van der Waals surface area contributed by atoms with Crippen LogP contribution in [0.1, 0.15) is 5.56 Å². The summed E-state index contributed by atoms with van der Waals surface area (Å²) in [4.78, 5) is 5.76. The zero-order valence-corrected chi connectivity index (χ0v) is 21.9. The summed E-state index contributed by atoms with van der Waals surface area (Å²) in [5.74, 6) is 0.413. The molecule has 1 aliphatic heterocycles. The van der Waals surface area contributed by atoms with Crippen molar-refractivity contribution in [3.63, 3.8) is 0 Å². The van der Waals surface area contributed by atoms with E-state index in [2.05, 4.69) is 0 Å². The molecular formula is C28H24FN3O4S2. The monoisotopic (exact) mass is 549 g/mol. The van der Waals surface area contributed by atoms with Gasteiger partial charge in [0.2, 0.25) is 10.0 Å². The number of para-hydroxylation sites is 1. The van der Waals surface area contributed by atoms with Crippen LogP contribution in [0.15, 0.2) is 98.5 Å². The van der Waals surface area contributed by atoms with Crippen molar-refractivity contribution in [1.29, 1.82) is 0 Å². The normalized spacial score (nSPS) is 15.3. The summed E-state index contributed by atoms with van der Waals surface area (Å²) in [5, 5.41) is 2.98. The Morgan fingerprint density at radius 2 is 1.68 bits per heavy atom. The van der Waals surface area contributed by atoms with Crippen molar-refractivity contribution in [1.82, 2.24) is 8.87 Å². The molecular weight excluding hydrogens is 525 g/mol. The molecule has 1 aliphatic rings. The number of morpholine rings is 1. The molecule has 0 unspecified atom stereocenters. The first kappa shape index (κ1) is 24.7. The Morgan fingerprint density at radius 1 is 0.947 bits per heavy atom. The highest BCUT2D eigenvalue weighted by Crippen LogP contribution is 2.29. The van der Waals surface area contributed by atoms with Crippen LogP contribution in [-0.4, -0.2) is 43.6 Å². The van der Waals surface area contributed by atoms with Crippen LogP contribution in [0.2, 0.25) is 0 Å². The lowest BCUT2D eigenvalue weighted by Crippen LogP contribution is -2.40. The van der Waals surface area contributed by atoms with Crippen LogP contribution in [0.25, 0.3) is 22.4 Å². The van der Waals surface area contributed by atoms with Gasteiger partial charge in [-0.3, -0.25) is 0 Å². The molecule has 5 aromatic rings. The number of benzene rings is 3. The number of sulfonamides is 1. The summed E-state index contributed by atoms with van der Waals surface area (Å²) < 4.78 is 54.4. The molecule has 194 valence electrons. The first-order chi connectivity index (χ1) is 18.5. The van der Waals surface area contributed by atoms with Crippen LogP contribution in [0, 0.1) is 5.82 Å². The van der Waals surface area contributed by atoms with Crippen molar-refractivity contribution in [2.75, 3.05) is 26.3 Å². The predicted molar refractivity (Wildman–Crippen MR) is 144 cm³/mol. The summed E-state index contributed by atoms with van der Waals surface area (Å²) in [6.07, 6.45) is 0.